The first-order valence-corrected chi connectivity index (χ1v) is 11.3. The molecule has 1 aliphatic heterocycles. The summed E-state index contributed by atoms with van der Waals surface area (Å²) >= 11 is 0. The number of allylic oxidation sites excluding steroid dienone is 1. The smallest absolute Gasteiger partial charge is 0.243 e. The number of aliphatic hydroxyl groups is 1. The molecule has 0 spiro atoms. The highest BCUT2D eigenvalue weighted by Crippen LogP contribution is 2.45. The quantitative estimate of drug-likeness (QED) is 0.391. The molecule has 0 aromatic rings. The van der Waals surface area contributed by atoms with Gasteiger partial charge < -0.3 is 20.6 Å². The molecule has 7 nitrogen and oxygen atoms in total. The van der Waals surface area contributed by atoms with E-state index in [1.54, 1.807) is 11.9 Å². The van der Waals surface area contributed by atoms with Gasteiger partial charge in [0, 0.05) is 31.7 Å². The van der Waals surface area contributed by atoms with E-state index in [2.05, 4.69) is 17.6 Å². The molecule has 0 aromatic heterocycles. The summed E-state index contributed by atoms with van der Waals surface area (Å²) in [6.45, 7) is 8.42. The summed E-state index contributed by atoms with van der Waals surface area (Å²) in [5.41, 5.74) is -0.413. The Hall–Kier alpha value is -1.89. The van der Waals surface area contributed by atoms with Crippen LogP contribution in [0.15, 0.2) is 12.2 Å². The third-order valence-corrected chi connectivity index (χ3v) is 6.11. The van der Waals surface area contributed by atoms with Gasteiger partial charge in [0.1, 0.15) is 6.04 Å². The fourth-order valence-corrected chi connectivity index (χ4v) is 4.89. The molecule has 0 bridgehead atoms. The number of rotatable bonds is 9. The molecule has 170 valence electrons. The van der Waals surface area contributed by atoms with Gasteiger partial charge in [-0.05, 0) is 52.4 Å². The van der Waals surface area contributed by atoms with E-state index in [4.69, 9.17) is 5.11 Å². The summed E-state index contributed by atoms with van der Waals surface area (Å²) in [4.78, 5) is 41.3. The van der Waals surface area contributed by atoms with Crippen LogP contribution < -0.4 is 10.6 Å². The largest absolute Gasteiger partial charge is 0.396 e. The van der Waals surface area contributed by atoms with Crippen LogP contribution in [0.5, 0.6) is 0 Å². The zero-order valence-corrected chi connectivity index (χ0v) is 19.1. The van der Waals surface area contributed by atoms with Gasteiger partial charge in [0.15, 0.2) is 0 Å². The number of unbranched alkanes of at least 4 members (excludes halogenated alkanes) is 2. The highest BCUT2D eigenvalue weighted by atomic mass is 16.3. The van der Waals surface area contributed by atoms with Gasteiger partial charge >= 0.3 is 0 Å². The van der Waals surface area contributed by atoms with Crippen LogP contribution in [0.3, 0.4) is 0 Å². The van der Waals surface area contributed by atoms with Gasteiger partial charge in [-0.25, -0.2) is 0 Å². The monoisotopic (exact) mass is 421 g/mol. The first-order chi connectivity index (χ1) is 14.2. The van der Waals surface area contributed by atoms with E-state index in [1.165, 1.54) is 0 Å². The Kier molecular flexibility index (Phi) is 8.47. The van der Waals surface area contributed by atoms with Gasteiger partial charge in [-0.1, -0.05) is 25.5 Å². The highest BCUT2D eigenvalue weighted by molar-refractivity contribution is 5.96. The third-order valence-electron chi connectivity index (χ3n) is 6.11. The van der Waals surface area contributed by atoms with Crippen molar-refractivity contribution < 1.29 is 19.5 Å². The van der Waals surface area contributed by atoms with Crippen molar-refractivity contribution in [3.63, 3.8) is 0 Å². The molecule has 0 radical (unpaired) electrons. The molecular formula is C23H39N3O4. The summed E-state index contributed by atoms with van der Waals surface area (Å²) in [6.07, 6.45) is 7.99. The predicted octanol–water partition coefficient (Wildman–Crippen LogP) is 1.86. The van der Waals surface area contributed by atoms with Crippen LogP contribution in [0, 0.1) is 23.7 Å². The number of nitrogens with one attached hydrogen (secondary N) is 2. The van der Waals surface area contributed by atoms with Gasteiger partial charge in [-0.3, -0.25) is 14.4 Å². The Morgan fingerprint density at radius 2 is 1.83 bits per heavy atom. The van der Waals surface area contributed by atoms with Crippen molar-refractivity contribution in [3.8, 4) is 0 Å². The molecule has 2 rings (SSSR count). The van der Waals surface area contributed by atoms with Crippen LogP contribution in [0.25, 0.3) is 0 Å². The highest BCUT2D eigenvalue weighted by Gasteiger charge is 2.56. The molecule has 7 heteroatoms. The van der Waals surface area contributed by atoms with Gasteiger partial charge in [0.05, 0.1) is 11.8 Å². The first kappa shape index (κ1) is 24.4. The molecule has 0 saturated carbocycles. The SMILES string of the molecule is CCC[C@@H]1C=C[C@H]2[C@@H](C(=O)N(CCCCCO)[C@@H]2C(=O)NC(C)(C)C)[C@@H]1C(=O)NC. The molecule has 1 aliphatic carbocycles. The fraction of sp³-hybridized carbons (Fsp3) is 0.783. The normalized spacial score (nSPS) is 28.4. The van der Waals surface area contributed by atoms with Crippen LogP contribution in [-0.4, -0.2) is 59.5 Å². The number of nitrogens with zero attached hydrogens (tertiary/aromatic N) is 1. The number of likely N-dealkylation sites (tertiary alicyclic amines) is 1. The van der Waals surface area contributed by atoms with E-state index in [1.807, 2.05) is 32.9 Å². The van der Waals surface area contributed by atoms with Crippen LogP contribution >= 0.6 is 0 Å². The van der Waals surface area contributed by atoms with E-state index in [9.17, 15) is 14.4 Å². The zero-order valence-electron chi connectivity index (χ0n) is 19.1. The van der Waals surface area contributed by atoms with E-state index in [0.717, 1.165) is 25.7 Å². The van der Waals surface area contributed by atoms with Crippen molar-refractivity contribution >= 4 is 17.7 Å². The summed E-state index contributed by atoms with van der Waals surface area (Å²) in [6, 6.07) is -0.609. The number of carbonyl (C=O) groups excluding carboxylic acids is 3. The second-order valence-corrected chi connectivity index (χ2v) is 9.58. The number of carbonyl (C=O) groups is 3. The molecule has 3 amide bonds. The molecule has 1 fully saturated rings. The summed E-state index contributed by atoms with van der Waals surface area (Å²) in [5, 5.41) is 14.8. The second-order valence-electron chi connectivity index (χ2n) is 9.58. The molecule has 1 heterocycles. The molecule has 0 unspecified atom stereocenters. The van der Waals surface area contributed by atoms with Crippen molar-refractivity contribution in [2.24, 2.45) is 23.7 Å². The first-order valence-electron chi connectivity index (χ1n) is 11.3. The van der Waals surface area contributed by atoms with E-state index in [0.29, 0.717) is 13.0 Å². The Balaban J connectivity index is 2.39. The summed E-state index contributed by atoms with van der Waals surface area (Å²) < 4.78 is 0. The van der Waals surface area contributed by atoms with Crippen molar-refractivity contribution in [3.05, 3.63) is 12.2 Å². The molecule has 3 N–H and O–H groups in total. The number of amides is 3. The maximum atomic E-state index is 13.5. The molecule has 5 atom stereocenters. The fourth-order valence-electron chi connectivity index (χ4n) is 4.89. The van der Waals surface area contributed by atoms with E-state index in [-0.39, 0.29) is 36.2 Å². The lowest BCUT2D eigenvalue weighted by Gasteiger charge is -2.34. The van der Waals surface area contributed by atoms with Gasteiger partial charge in [0.25, 0.3) is 0 Å². The molecule has 1 saturated heterocycles. The van der Waals surface area contributed by atoms with Gasteiger partial charge in [-0.15, -0.1) is 0 Å². The van der Waals surface area contributed by atoms with Crippen molar-refractivity contribution in [1.29, 1.82) is 0 Å². The zero-order chi connectivity index (χ0) is 22.5. The van der Waals surface area contributed by atoms with Crippen LogP contribution in [0.4, 0.5) is 0 Å². The van der Waals surface area contributed by atoms with Crippen LogP contribution in [0.1, 0.15) is 59.8 Å². The Bertz CT molecular complexity index is 655. The lowest BCUT2D eigenvalue weighted by molar-refractivity contribution is -0.141. The number of hydrogen-bond donors (Lipinski definition) is 3. The Morgan fingerprint density at radius 1 is 1.13 bits per heavy atom. The number of fused-ring (bicyclic) bond motifs is 1. The molecular weight excluding hydrogens is 382 g/mol. The van der Waals surface area contributed by atoms with Crippen molar-refractivity contribution in [2.75, 3.05) is 20.2 Å². The summed E-state index contributed by atoms with van der Waals surface area (Å²) in [5.74, 6) is -1.67. The van der Waals surface area contributed by atoms with Crippen LogP contribution in [-0.2, 0) is 14.4 Å². The van der Waals surface area contributed by atoms with Gasteiger partial charge in [0.2, 0.25) is 17.7 Å². The Labute approximate surface area is 180 Å². The maximum absolute atomic E-state index is 13.5. The molecule has 0 aromatic carbocycles. The topological polar surface area (TPSA) is 98.7 Å². The van der Waals surface area contributed by atoms with Crippen molar-refractivity contribution in [2.45, 2.75) is 71.4 Å². The maximum Gasteiger partial charge on any atom is 0.243 e. The molecule has 30 heavy (non-hydrogen) atoms. The van der Waals surface area contributed by atoms with E-state index >= 15 is 0 Å². The Morgan fingerprint density at radius 3 is 2.40 bits per heavy atom. The van der Waals surface area contributed by atoms with Gasteiger partial charge in [-0.2, -0.15) is 0 Å². The standard InChI is InChI=1S/C23H39N3O4/c1-6-10-15-11-12-16-18(17(15)20(28)24-5)22(30)26(13-8-7-9-14-27)19(16)21(29)25-23(2,3)4/h11-12,15-19,27H,6-10,13-14H2,1-5H3,(H,24,28)(H,25,29)/t15-,16+,17-,18-,19+/m1/s1. The van der Waals surface area contributed by atoms with Crippen LogP contribution in [0.2, 0.25) is 0 Å². The molecule has 2 aliphatic rings. The third kappa shape index (κ3) is 5.42. The number of aliphatic hydroxyl groups excluding tert-OH is 1. The summed E-state index contributed by atoms with van der Waals surface area (Å²) in [7, 11) is 1.61. The average molecular weight is 422 g/mol. The lowest BCUT2D eigenvalue weighted by atomic mass is 9.68. The minimum Gasteiger partial charge on any atom is -0.396 e. The van der Waals surface area contributed by atoms with E-state index < -0.39 is 23.4 Å². The number of hydrogen-bond acceptors (Lipinski definition) is 4. The lowest BCUT2D eigenvalue weighted by Crippen LogP contribution is -2.52. The average Bonchev–Trinajstić information content (AvgIpc) is 2.95. The second kappa shape index (κ2) is 10.4. The minimum absolute atomic E-state index is 0.000756. The minimum atomic E-state index is -0.609. The van der Waals surface area contributed by atoms with Crippen molar-refractivity contribution in [1.82, 2.24) is 15.5 Å². The predicted molar refractivity (Wildman–Crippen MR) is 116 cm³/mol.